The maximum atomic E-state index is 5.40. The van der Waals surface area contributed by atoms with Gasteiger partial charge in [-0.2, -0.15) is 0 Å². The molecule has 5 rings (SSSR count). The van der Waals surface area contributed by atoms with Gasteiger partial charge in [0.2, 0.25) is 5.95 Å². The molecule has 0 amide bonds. The van der Waals surface area contributed by atoms with Crippen molar-refractivity contribution in [2.24, 2.45) is 0 Å². The quantitative estimate of drug-likeness (QED) is 0.354. The number of piperazine rings is 1. The average Bonchev–Trinajstić information content (AvgIpc) is 2.99. The minimum atomic E-state index is 0.851. The van der Waals surface area contributed by atoms with Gasteiger partial charge in [-0.25, -0.2) is 13.1 Å². The molecule has 0 radical (unpaired) electrons. The number of allylic oxidation sites excluding steroid dienone is 1. The third-order valence-electron chi connectivity index (χ3n) is 6.11. The van der Waals surface area contributed by atoms with Crippen molar-refractivity contribution in [1.29, 1.82) is 0 Å². The smallest absolute Gasteiger partial charge is 0.225 e. The largest absolute Gasteiger partial charge is 0.361 e. The maximum Gasteiger partial charge on any atom is 0.225 e. The van der Waals surface area contributed by atoms with E-state index in [9.17, 15) is 0 Å². The Hall–Kier alpha value is -2.26. The van der Waals surface area contributed by atoms with Crippen molar-refractivity contribution in [1.82, 2.24) is 18.2 Å². The predicted octanol–water partition coefficient (Wildman–Crippen LogP) is 4.99. The molecule has 1 saturated heterocycles. The van der Waals surface area contributed by atoms with Gasteiger partial charge in [0.05, 0.1) is 11.4 Å². The summed E-state index contributed by atoms with van der Waals surface area (Å²) in [6.07, 6.45) is 7.52. The van der Waals surface area contributed by atoms with Crippen LogP contribution < -0.4 is 4.90 Å². The van der Waals surface area contributed by atoms with E-state index >= 15 is 0 Å². The van der Waals surface area contributed by atoms with E-state index in [0.717, 1.165) is 85.2 Å². The molecule has 3 aromatic rings. The molecule has 7 heteroatoms. The standard InChI is InChI=1S/C24H26IN5O/c1-16-23(17(2)31-28-16)19-7-5-6-18(14-19)20-8-3-4-9-22-21(20)15-26-24(27-22)29-10-12-30(25)13-11-29/h5-8,14-15H,3-4,9-13H2,1-2H3. The summed E-state index contributed by atoms with van der Waals surface area (Å²) in [6.45, 7) is 8.00. The first-order valence-electron chi connectivity index (χ1n) is 10.9. The lowest BCUT2D eigenvalue weighted by Crippen LogP contribution is -2.43. The monoisotopic (exact) mass is 527 g/mol. The Morgan fingerprint density at radius 3 is 2.65 bits per heavy atom. The lowest BCUT2D eigenvalue weighted by Gasteiger charge is -2.31. The molecular formula is C24H26IN5O. The first-order valence-corrected chi connectivity index (χ1v) is 11.8. The zero-order valence-electron chi connectivity index (χ0n) is 17.9. The number of aromatic nitrogens is 3. The van der Waals surface area contributed by atoms with Crippen molar-refractivity contribution < 1.29 is 4.52 Å². The minimum absolute atomic E-state index is 0.851. The fourth-order valence-electron chi connectivity index (χ4n) is 4.49. The normalized spacial score (nSPS) is 17.3. The topological polar surface area (TPSA) is 58.3 Å². The number of halogens is 1. The van der Waals surface area contributed by atoms with E-state index in [4.69, 9.17) is 14.5 Å². The van der Waals surface area contributed by atoms with Gasteiger partial charge in [-0.05, 0) is 55.9 Å². The zero-order chi connectivity index (χ0) is 21.4. The first-order chi connectivity index (χ1) is 15.1. The van der Waals surface area contributed by atoms with E-state index in [1.54, 1.807) is 0 Å². The highest BCUT2D eigenvalue weighted by atomic mass is 127. The van der Waals surface area contributed by atoms with Gasteiger partial charge in [-0.1, -0.05) is 29.4 Å². The van der Waals surface area contributed by atoms with Crippen LogP contribution in [0.2, 0.25) is 0 Å². The van der Waals surface area contributed by atoms with Crippen LogP contribution in [0.5, 0.6) is 0 Å². The summed E-state index contributed by atoms with van der Waals surface area (Å²) < 4.78 is 7.72. The van der Waals surface area contributed by atoms with Gasteiger partial charge >= 0.3 is 0 Å². The van der Waals surface area contributed by atoms with Crippen molar-refractivity contribution in [2.75, 3.05) is 31.1 Å². The number of hydrogen-bond acceptors (Lipinski definition) is 6. The summed E-state index contributed by atoms with van der Waals surface area (Å²) >= 11 is 2.39. The number of rotatable bonds is 3. The highest BCUT2D eigenvalue weighted by molar-refractivity contribution is 14.1. The van der Waals surface area contributed by atoms with Crippen LogP contribution in [-0.2, 0) is 6.42 Å². The zero-order valence-corrected chi connectivity index (χ0v) is 20.1. The number of benzene rings is 1. The molecule has 6 nitrogen and oxygen atoms in total. The van der Waals surface area contributed by atoms with Gasteiger partial charge in [0.1, 0.15) is 5.76 Å². The third kappa shape index (κ3) is 4.13. The van der Waals surface area contributed by atoms with Crippen LogP contribution in [0.25, 0.3) is 16.7 Å². The molecule has 3 heterocycles. The molecule has 1 aliphatic carbocycles. The Kier molecular flexibility index (Phi) is 5.79. The molecule has 2 aliphatic rings. The van der Waals surface area contributed by atoms with Crippen molar-refractivity contribution in [3.63, 3.8) is 0 Å². The first kappa shape index (κ1) is 20.6. The number of hydrogen-bond donors (Lipinski definition) is 0. The second kappa shape index (κ2) is 8.70. The summed E-state index contributed by atoms with van der Waals surface area (Å²) in [5.41, 5.74) is 7.87. The van der Waals surface area contributed by atoms with E-state index < -0.39 is 0 Å². The highest BCUT2D eigenvalue weighted by Crippen LogP contribution is 2.34. The van der Waals surface area contributed by atoms with Crippen LogP contribution in [0, 0.1) is 13.8 Å². The van der Waals surface area contributed by atoms with Crippen LogP contribution in [0.4, 0.5) is 5.95 Å². The lowest BCUT2D eigenvalue weighted by molar-refractivity contribution is 0.393. The SMILES string of the molecule is Cc1noc(C)c1-c1cccc(C2=CCCCc3nc(N4CCN(I)CC4)ncc32)c1. The molecule has 0 unspecified atom stereocenters. The number of fused-ring (bicyclic) bond motifs is 1. The molecule has 2 aromatic heterocycles. The predicted molar refractivity (Wildman–Crippen MR) is 131 cm³/mol. The second-order valence-electron chi connectivity index (χ2n) is 8.22. The van der Waals surface area contributed by atoms with Gasteiger partial charge < -0.3 is 9.42 Å². The minimum Gasteiger partial charge on any atom is -0.361 e. The Labute approximate surface area is 196 Å². The van der Waals surface area contributed by atoms with Crippen molar-refractivity contribution in [2.45, 2.75) is 33.1 Å². The molecule has 31 heavy (non-hydrogen) atoms. The van der Waals surface area contributed by atoms with Crippen molar-refractivity contribution >= 4 is 34.4 Å². The maximum absolute atomic E-state index is 5.40. The Bertz CT molecular complexity index is 1110. The molecule has 0 N–H and O–H groups in total. The van der Waals surface area contributed by atoms with Crippen LogP contribution in [0.3, 0.4) is 0 Å². The summed E-state index contributed by atoms with van der Waals surface area (Å²) in [6, 6.07) is 8.65. The summed E-state index contributed by atoms with van der Waals surface area (Å²) in [5, 5.41) is 4.13. The molecule has 0 spiro atoms. The highest BCUT2D eigenvalue weighted by Gasteiger charge is 2.21. The van der Waals surface area contributed by atoms with Gasteiger partial charge in [0, 0.05) is 66.4 Å². The Morgan fingerprint density at radius 2 is 1.87 bits per heavy atom. The molecule has 0 bridgehead atoms. The molecule has 0 atom stereocenters. The number of nitrogens with zero attached hydrogens (tertiary/aromatic N) is 5. The number of anilines is 1. The molecule has 0 saturated carbocycles. The summed E-state index contributed by atoms with van der Waals surface area (Å²) in [4.78, 5) is 12.1. The average molecular weight is 527 g/mol. The van der Waals surface area contributed by atoms with Gasteiger partial charge in [0.15, 0.2) is 0 Å². The van der Waals surface area contributed by atoms with Gasteiger partial charge in [-0.15, -0.1) is 0 Å². The van der Waals surface area contributed by atoms with Gasteiger partial charge in [0.25, 0.3) is 0 Å². The fourth-order valence-corrected chi connectivity index (χ4v) is 4.92. The Balaban J connectivity index is 1.50. The lowest BCUT2D eigenvalue weighted by atomic mass is 9.94. The second-order valence-corrected chi connectivity index (χ2v) is 9.58. The van der Waals surface area contributed by atoms with E-state index in [1.165, 1.54) is 11.1 Å². The molecule has 1 fully saturated rings. The molecule has 1 aromatic carbocycles. The van der Waals surface area contributed by atoms with Crippen LogP contribution in [-0.4, -0.2) is 44.4 Å². The molecule has 1 aliphatic heterocycles. The van der Waals surface area contributed by atoms with E-state index in [2.05, 4.69) is 66.4 Å². The van der Waals surface area contributed by atoms with Gasteiger partial charge in [-0.3, -0.25) is 0 Å². The number of aryl methyl sites for hydroxylation is 3. The third-order valence-corrected chi connectivity index (χ3v) is 7.08. The fraction of sp³-hybridized carbons (Fsp3) is 0.375. The van der Waals surface area contributed by atoms with Crippen molar-refractivity contribution in [3.8, 4) is 11.1 Å². The van der Waals surface area contributed by atoms with E-state index in [1.807, 2.05) is 20.0 Å². The van der Waals surface area contributed by atoms with Crippen LogP contribution >= 0.6 is 22.9 Å². The van der Waals surface area contributed by atoms with Crippen LogP contribution in [0.1, 0.15) is 41.1 Å². The van der Waals surface area contributed by atoms with Crippen molar-refractivity contribution in [3.05, 3.63) is 64.8 Å². The van der Waals surface area contributed by atoms with E-state index in [-0.39, 0.29) is 0 Å². The summed E-state index contributed by atoms with van der Waals surface area (Å²) in [7, 11) is 0. The Morgan fingerprint density at radius 1 is 1.06 bits per heavy atom. The summed E-state index contributed by atoms with van der Waals surface area (Å²) in [5.74, 6) is 1.72. The van der Waals surface area contributed by atoms with E-state index in [0.29, 0.717) is 0 Å². The molecule has 160 valence electrons. The molecular weight excluding hydrogens is 501 g/mol. The van der Waals surface area contributed by atoms with Crippen LogP contribution in [0.15, 0.2) is 41.1 Å².